The zero-order chi connectivity index (χ0) is 17.9. The maximum Gasteiger partial charge on any atom is 0.316 e. The summed E-state index contributed by atoms with van der Waals surface area (Å²) in [5, 5.41) is 8.66. The Morgan fingerprint density at radius 3 is 2.67 bits per heavy atom. The summed E-state index contributed by atoms with van der Waals surface area (Å²) in [5.41, 5.74) is 1.39. The van der Waals surface area contributed by atoms with Crippen LogP contribution in [0.5, 0.6) is 0 Å². The number of rotatable bonds is 5. The van der Waals surface area contributed by atoms with Gasteiger partial charge in [0, 0.05) is 25.3 Å². The maximum atomic E-state index is 11.8. The third kappa shape index (κ3) is 4.64. The van der Waals surface area contributed by atoms with Crippen molar-refractivity contribution < 1.29 is 9.53 Å². The number of aromatic nitrogens is 3. The Bertz CT molecular complexity index is 721. The Kier molecular flexibility index (Phi) is 5.38. The summed E-state index contributed by atoms with van der Waals surface area (Å²) in [7, 11) is 3.93. The summed E-state index contributed by atoms with van der Waals surface area (Å²) in [6, 6.07) is 7.84. The second kappa shape index (κ2) is 7.12. The third-order valence-corrected chi connectivity index (χ3v) is 3.94. The molecule has 0 radical (unpaired) electrons. The molecule has 0 atom stereocenters. The Balaban J connectivity index is 2.11. The van der Waals surface area contributed by atoms with Gasteiger partial charge in [0.1, 0.15) is 5.60 Å². The molecule has 0 aliphatic rings. The van der Waals surface area contributed by atoms with Gasteiger partial charge < -0.3 is 15.5 Å². The molecule has 2 rings (SSSR count). The SMILES string of the molecule is CN(C)c1cccc(-c2nnc(SCC(=O)OC(C)(C)C)n2N)c1. The summed E-state index contributed by atoms with van der Waals surface area (Å²) in [5.74, 6) is 6.44. The lowest BCUT2D eigenvalue weighted by molar-refractivity contribution is -0.151. The van der Waals surface area contributed by atoms with Gasteiger partial charge in [-0.25, -0.2) is 4.68 Å². The van der Waals surface area contributed by atoms with Crippen LogP contribution in [0.25, 0.3) is 11.4 Å². The number of nitrogen functional groups attached to an aromatic ring is 1. The third-order valence-electron chi connectivity index (χ3n) is 3.02. The zero-order valence-corrected chi connectivity index (χ0v) is 15.4. The van der Waals surface area contributed by atoms with Gasteiger partial charge >= 0.3 is 5.97 Å². The minimum absolute atomic E-state index is 0.129. The van der Waals surface area contributed by atoms with Crippen molar-refractivity contribution in [1.29, 1.82) is 0 Å². The van der Waals surface area contributed by atoms with Gasteiger partial charge in [0.05, 0.1) is 5.75 Å². The highest BCUT2D eigenvalue weighted by atomic mass is 32.2. The van der Waals surface area contributed by atoms with E-state index in [0.29, 0.717) is 11.0 Å². The van der Waals surface area contributed by atoms with Crippen LogP contribution < -0.4 is 10.7 Å². The second-order valence-corrected chi connectivity index (χ2v) is 7.44. The fraction of sp³-hybridized carbons (Fsp3) is 0.438. The number of nitrogens with zero attached hydrogens (tertiary/aromatic N) is 4. The number of benzene rings is 1. The molecular weight excluding hydrogens is 326 g/mol. The number of hydrogen-bond donors (Lipinski definition) is 1. The first-order valence-corrected chi connectivity index (χ1v) is 8.49. The lowest BCUT2D eigenvalue weighted by Gasteiger charge is -2.19. The van der Waals surface area contributed by atoms with Gasteiger partial charge in [-0.05, 0) is 32.9 Å². The Labute approximate surface area is 146 Å². The van der Waals surface area contributed by atoms with Crippen LogP contribution in [0, 0.1) is 0 Å². The van der Waals surface area contributed by atoms with Crippen LogP contribution >= 0.6 is 11.8 Å². The molecule has 0 aliphatic heterocycles. The van der Waals surface area contributed by atoms with Crippen LogP contribution in [0.1, 0.15) is 20.8 Å². The van der Waals surface area contributed by atoms with Crippen molar-refractivity contribution in [3.63, 3.8) is 0 Å². The number of hydrogen-bond acceptors (Lipinski definition) is 7. The van der Waals surface area contributed by atoms with Gasteiger partial charge in [0.15, 0.2) is 5.82 Å². The van der Waals surface area contributed by atoms with E-state index in [1.807, 2.05) is 64.0 Å². The first kappa shape index (κ1) is 18.1. The summed E-state index contributed by atoms with van der Waals surface area (Å²) in [6.45, 7) is 5.49. The number of ether oxygens (including phenoxy) is 1. The molecule has 1 aromatic carbocycles. The molecule has 7 nitrogen and oxygen atoms in total. The molecule has 0 fully saturated rings. The van der Waals surface area contributed by atoms with Crippen molar-refractivity contribution in [2.45, 2.75) is 31.5 Å². The summed E-state index contributed by atoms with van der Waals surface area (Å²) in [6.07, 6.45) is 0. The molecule has 0 amide bonds. The van der Waals surface area contributed by atoms with Crippen LogP contribution in [0.4, 0.5) is 5.69 Å². The van der Waals surface area contributed by atoms with Crippen molar-refractivity contribution in [2.75, 3.05) is 30.6 Å². The number of carbonyl (C=O) groups is 1. The first-order valence-electron chi connectivity index (χ1n) is 7.50. The van der Waals surface area contributed by atoms with E-state index in [0.717, 1.165) is 11.3 Å². The number of thioether (sulfide) groups is 1. The topological polar surface area (TPSA) is 86.3 Å². The van der Waals surface area contributed by atoms with E-state index in [1.54, 1.807) is 0 Å². The predicted octanol–water partition coefficient (Wildman–Crippen LogP) is 2.16. The smallest absolute Gasteiger partial charge is 0.316 e. The molecule has 0 spiro atoms. The van der Waals surface area contributed by atoms with E-state index >= 15 is 0 Å². The van der Waals surface area contributed by atoms with Crippen LogP contribution in [-0.4, -0.2) is 46.3 Å². The van der Waals surface area contributed by atoms with E-state index in [4.69, 9.17) is 10.6 Å². The Morgan fingerprint density at radius 1 is 1.33 bits per heavy atom. The summed E-state index contributed by atoms with van der Waals surface area (Å²) >= 11 is 1.20. The summed E-state index contributed by atoms with van der Waals surface area (Å²) < 4.78 is 6.66. The molecule has 24 heavy (non-hydrogen) atoms. The van der Waals surface area contributed by atoms with Crippen molar-refractivity contribution in [2.24, 2.45) is 0 Å². The van der Waals surface area contributed by atoms with Gasteiger partial charge in [-0.2, -0.15) is 0 Å². The van der Waals surface area contributed by atoms with E-state index in [-0.39, 0.29) is 11.7 Å². The molecule has 1 heterocycles. The van der Waals surface area contributed by atoms with Crippen molar-refractivity contribution in [3.8, 4) is 11.4 Å². The number of carbonyl (C=O) groups excluding carboxylic acids is 1. The van der Waals surface area contributed by atoms with Gasteiger partial charge in [-0.1, -0.05) is 23.9 Å². The molecule has 1 aromatic heterocycles. The lowest BCUT2D eigenvalue weighted by atomic mass is 10.2. The number of nitrogens with two attached hydrogens (primary N) is 1. The zero-order valence-electron chi connectivity index (χ0n) is 14.6. The molecule has 0 bridgehead atoms. The van der Waals surface area contributed by atoms with Crippen molar-refractivity contribution in [1.82, 2.24) is 14.9 Å². The van der Waals surface area contributed by atoms with Crippen LogP contribution in [0.3, 0.4) is 0 Å². The van der Waals surface area contributed by atoms with E-state index in [2.05, 4.69) is 10.2 Å². The minimum Gasteiger partial charge on any atom is -0.459 e. The standard InChI is InChI=1S/C16H23N5O2S/c1-16(2,3)23-13(22)10-24-15-19-18-14(21(15)17)11-7-6-8-12(9-11)20(4)5/h6-9H,10,17H2,1-5H3. The highest BCUT2D eigenvalue weighted by Crippen LogP contribution is 2.25. The molecule has 0 saturated heterocycles. The fourth-order valence-corrected chi connectivity index (χ4v) is 2.62. The van der Waals surface area contributed by atoms with Crippen LogP contribution in [0.2, 0.25) is 0 Å². The van der Waals surface area contributed by atoms with Gasteiger partial charge in [0.25, 0.3) is 0 Å². The minimum atomic E-state index is -0.508. The molecule has 8 heteroatoms. The Hall–Kier alpha value is -2.22. The second-order valence-electron chi connectivity index (χ2n) is 6.50. The van der Waals surface area contributed by atoms with Gasteiger partial charge in [-0.15, -0.1) is 10.2 Å². The van der Waals surface area contributed by atoms with Gasteiger partial charge in [0.2, 0.25) is 5.16 Å². The highest BCUT2D eigenvalue weighted by molar-refractivity contribution is 7.99. The van der Waals surface area contributed by atoms with E-state index in [1.165, 1.54) is 16.4 Å². The molecule has 0 aliphatic carbocycles. The number of esters is 1. The van der Waals surface area contributed by atoms with Crippen molar-refractivity contribution in [3.05, 3.63) is 24.3 Å². The van der Waals surface area contributed by atoms with Crippen LogP contribution in [-0.2, 0) is 9.53 Å². The Morgan fingerprint density at radius 2 is 2.04 bits per heavy atom. The normalized spacial score (nSPS) is 11.4. The molecule has 130 valence electrons. The first-order chi connectivity index (χ1) is 11.2. The highest BCUT2D eigenvalue weighted by Gasteiger charge is 2.18. The van der Waals surface area contributed by atoms with Crippen molar-refractivity contribution >= 4 is 23.4 Å². The van der Waals surface area contributed by atoms with E-state index in [9.17, 15) is 4.79 Å². The fourth-order valence-electron chi connectivity index (χ4n) is 1.99. The molecule has 2 aromatic rings. The predicted molar refractivity (Wildman–Crippen MR) is 96.5 cm³/mol. The molecule has 2 N–H and O–H groups in total. The summed E-state index contributed by atoms with van der Waals surface area (Å²) in [4.78, 5) is 13.8. The number of anilines is 1. The average Bonchev–Trinajstić information content (AvgIpc) is 2.84. The molecular formula is C16H23N5O2S. The quantitative estimate of drug-likeness (QED) is 0.503. The largest absolute Gasteiger partial charge is 0.459 e. The molecule has 0 unspecified atom stereocenters. The maximum absolute atomic E-state index is 11.8. The van der Waals surface area contributed by atoms with Crippen LogP contribution in [0.15, 0.2) is 29.4 Å². The average molecular weight is 349 g/mol. The van der Waals surface area contributed by atoms with Gasteiger partial charge in [-0.3, -0.25) is 4.79 Å². The van der Waals surface area contributed by atoms with E-state index < -0.39 is 5.60 Å². The molecule has 0 saturated carbocycles. The monoisotopic (exact) mass is 349 g/mol. The lowest BCUT2D eigenvalue weighted by Crippen LogP contribution is -2.25.